The topological polar surface area (TPSA) is 43.0 Å². The predicted octanol–water partition coefficient (Wildman–Crippen LogP) is 4.22. The Balaban J connectivity index is 1.92. The summed E-state index contributed by atoms with van der Waals surface area (Å²) < 4.78 is 17.3. The number of hydrogen-bond donors (Lipinski definition) is 1. The Hall–Kier alpha value is -2.24. The average Bonchev–Trinajstić information content (AvgIpc) is 2.80. The van der Waals surface area contributed by atoms with Gasteiger partial charge in [-0.2, -0.15) is 0 Å². The van der Waals surface area contributed by atoms with Gasteiger partial charge in [0, 0.05) is 13.1 Å². The van der Waals surface area contributed by atoms with Gasteiger partial charge in [0.25, 0.3) is 0 Å². The van der Waals surface area contributed by atoms with Crippen molar-refractivity contribution >= 4 is 0 Å². The molecule has 1 N–H and O–H groups in total. The molecule has 164 valence electrons. The Labute approximate surface area is 181 Å². The van der Waals surface area contributed by atoms with Crippen LogP contribution in [0.25, 0.3) is 0 Å². The highest BCUT2D eigenvalue weighted by molar-refractivity contribution is 5.53. The number of likely N-dealkylation sites (N-methyl/N-ethyl adjacent to an activating group) is 1. The van der Waals surface area contributed by atoms with Crippen molar-refractivity contribution in [1.82, 2.24) is 10.2 Å². The van der Waals surface area contributed by atoms with Gasteiger partial charge >= 0.3 is 0 Å². The molecule has 0 amide bonds. The molecule has 0 spiro atoms. The van der Waals surface area contributed by atoms with E-state index >= 15 is 0 Å². The Morgan fingerprint density at radius 1 is 0.967 bits per heavy atom. The summed E-state index contributed by atoms with van der Waals surface area (Å²) in [5, 5.41) is 3.72. The molecule has 2 aromatic carbocycles. The third-order valence-corrected chi connectivity index (χ3v) is 6.08. The van der Waals surface area contributed by atoms with Crippen LogP contribution in [-0.4, -0.2) is 51.9 Å². The van der Waals surface area contributed by atoms with E-state index in [1.54, 1.807) is 14.2 Å². The van der Waals surface area contributed by atoms with Crippen LogP contribution in [-0.2, 0) is 12.8 Å². The molecule has 0 aromatic heterocycles. The van der Waals surface area contributed by atoms with Crippen LogP contribution in [0.15, 0.2) is 30.3 Å². The second-order valence-corrected chi connectivity index (χ2v) is 7.63. The van der Waals surface area contributed by atoms with Crippen LogP contribution in [0.3, 0.4) is 0 Å². The molecule has 5 heteroatoms. The summed E-state index contributed by atoms with van der Waals surface area (Å²) in [7, 11) is 3.44. The number of hydrogen-bond acceptors (Lipinski definition) is 5. The van der Waals surface area contributed by atoms with Crippen molar-refractivity contribution < 1.29 is 14.2 Å². The number of nitrogens with zero attached hydrogens (tertiary/aromatic N) is 1. The van der Waals surface area contributed by atoms with Crippen LogP contribution >= 0.6 is 0 Å². The zero-order chi connectivity index (χ0) is 21.5. The van der Waals surface area contributed by atoms with Crippen molar-refractivity contribution in [2.75, 3.05) is 47.0 Å². The van der Waals surface area contributed by atoms with Gasteiger partial charge in [-0.3, -0.25) is 0 Å². The van der Waals surface area contributed by atoms with Crippen LogP contribution in [0, 0.1) is 0 Å². The van der Waals surface area contributed by atoms with E-state index in [4.69, 9.17) is 14.2 Å². The molecule has 5 nitrogen and oxygen atoms in total. The lowest BCUT2D eigenvalue weighted by Crippen LogP contribution is -2.31. The van der Waals surface area contributed by atoms with E-state index in [2.05, 4.69) is 61.3 Å². The second kappa shape index (κ2) is 10.7. The fraction of sp³-hybridized carbons (Fsp3) is 0.520. The highest BCUT2D eigenvalue weighted by Gasteiger charge is 2.25. The quantitative estimate of drug-likeness (QED) is 0.633. The molecule has 1 aliphatic heterocycles. The monoisotopic (exact) mass is 412 g/mol. The Kier molecular flexibility index (Phi) is 8.00. The maximum Gasteiger partial charge on any atom is 0.161 e. The van der Waals surface area contributed by atoms with E-state index < -0.39 is 0 Å². The van der Waals surface area contributed by atoms with E-state index in [1.807, 2.05) is 0 Å². The van der Waals surface area contributed by atoms with Gasteiger partial charge in [-0.1, -0.05) is 26.8 Å². The zero-order valence-corrected chi connectivity index (χ0v) is 19.1. The first-order chi connectivity index (χ1) is 14.6. The Bertz CT molecular complexity index is 833. The standard InChI is InChI=1S/C25H36N2O3/c1-6-18-15-20(28-4)9-10-21(18)25-22-17-24(30-14-13-27(7-2)8-3)23(29-5)16-19(22)11-12-26-25/h9-10,15-17,25-26H,6-8,11-14H2,1-5H3. The van der Waals surface area contributed by atoms with Crippen molar-refractivity contribution in [2.45, 2.75) is 39.7 Å². The van der Waals surface area contributed by atoms with Gasteiger partial charge in [-0.15, -0.1) is 0 Å². The summed E-state index contributed by atoms with van der Waals surface area (Å²) in [5.74, 6) is 2.55. The molecule has 0 saturated heterocycles. The first-order valence-electron chi connectivity index (χ1n) is 11.1. The number of aryl methyl sites for hydroxylation is 1. The molecule has 0 fully saturated rings. The van der Waals surface area contributed by atoms with Crippen molar-refractivity contribution in [3.8, 4) is 17.2 Å². The summed E-state index contributed by atoms with van der Waals surface area (Å²) in [6, 6.07) is 10.9. The van der Waals surface area contributed by atoms with Crippen LogP contribution in [0.2, 0.25) is 0 Å². The van der Waals surface area contributed by atoms with Crippen LogP contribution in [0.1, 0.15) is 49.1 Å². The SMILES string of the molecule is CCc1cc(OC)ccc1C1NCCc2cc(OC)c(OCCN(CC)CC)cc21. The van der Waals surface area contributed by atoms with Gasteiger partial charge in [0.05, 0.1) is 20.3 Å². The number of methoxy groups -OCH3 is 2. The summed E-state index contributed by atoms with van der Waals surface area (Å²) in [5.41, 5.74) is 5.21. The molecule has 0 radical (unpaired) electrons. The smallest absolute Gasteiger partial charge is 0.161 e. The Morgan fingerprint density at radius 2 is 1.77 bits per heavy atom. The van der Waals surface area contributed by atoms with Crippen LogP contribution in [0.5, 0.6) is 17.2 Å². The van der Waals surface area contributed by atoms with Crippen LogP contribution < -0.4 is 19.5 Å². The minimum Gasteiger partial charge on any atom is -0.497 e. The Morgan fingerprint density at radius 3 is 2.43 bits per heavy atom. The highest BCUT2D eigenvalue weighted by Crippen LogP contribution is 2.39. The van der Waals surface area contributed by atoms with Gasteiger partial charge in [-0.05, 0) is 72.5 Å². The number of nitrogens with one attached hydrogen (secondary N) is 1. The molecule has 0 bridgehead atoms. The molecular weight excluding hydrogens is 376 g/mol. The van der Waals surface area contributed by atoms with E-state index in [1.165, 1.54) is 22.3 Å². The van der Waals surface area contributed by atoms with Crippen LogP contribution in [0.4, 0.5) is 0 Å². The maximum absolute atomic E-state index is 6.19. The first-order valence-corrected chi connectivity index (χ1v) is 11.1. The minimum absolute atomic E-state index is 0.144. The van der Waals surface area contributed by atoms with Gasteiger partial charge in [0.15, 0.2) is 11.5 Å². The summed E-state index contributed by atoms with van der Waals surface area (Å²) in [6.45, 7) is 11.1. The molecule has 1 atom stereocenters. The molecular formula is C25H36N2O3. The molecule has 3 rings (SSSR count). The summed E-state index contributed by atoms with van der Waals surface area (Å²) >= 11 is 0. The summed E-state index contributed by atoms with van der Waals surface area (Å²) in [6.07, 6.45) is 1.95. The molecule has 0 saturated carbocycles. The molecule has 2 aromatic rings. The first kappa shape index (κ1) is 22.4. The van der Waals surface area contributed by atoms with Crippen molar-refractivity contribution in [1.29, 1.82) is 0 Å². The number of benzene rings is 2. The highest BCUT2D eigenvalue weighted by atomic mass is 16.5. The number of rotatable bonds is 10. The summed E-state index contributed by atoms with van der Waals surface area (Å²) in [4.78, 5) is 2.36. The van der Waals surface area contributed by atoms with Crippen molar-refractivity contribution in [2.24, 2.45) is 0 Å². The van der Waals surface area contributed by atoms with E-state index in [9.17, 15) is 0 Å². The minimum atomic E-state index is 0.144. The lowest BCUT2D eigenvalue weighted by molar-refractivity contribution is 0.217. The maximum atomic E-state index is 6.19. The van der Waals surface area contributed by atoms with Crippen molar-refractivity contribution in [3.05, 3.63) is 52.6 Å². The third-order valence-electron chi connectivity index (χ3n) is 6.08. The number of fused-ring (bicyclic) bond motifs is 1. The van der Waals surface area contributed by atoms with E-state index in [0.29, 0.717) is 6.61 Å². The molecule has 1 heterocycles. The van der Waals surface area contributed by atoms with E-state index in [0.717, 1.165) is 56.3 Å². The molecule has 1 unspecified atom stereocenters. The van der Waals surface area contributed by atoms with Gasteiger partial charge in [-0.25, -0.2) is 0 Å². The third kappa shape index (κ3) is 4.90. The van der Waals surface area contributed by atoms with Gasteiger partial charge in [0.2, 0.25) is 0 Å². The molecule has 1 aliphatic rings. The van der Waals surface area contributed by atoms with Gasteiger partial charge < -0.3 is 24.4 Å². The largest absolute Gasteiger partial charge is 0.497 e. The predicted molar refractivity (Wildman–Crippen MR) is 122 cm³/mol. The van der Waals surface area contributed by atoms with Gasteiger partial charge in [0.1, 0.15) is 12.4 Å². The van der Waals surface area contributed by atoms with E-state index in [-0.39, 0.29) is 6.04 Å². The normalized spacial score (nSPS) is 15.7. The fourth-order valence-electron chi connectivity index (χ4n) is 4.24. The van der Waals surface area contributed by atoms with Crippen molar-refractivity contribution in [3.63, 3.8) is 0 Å². The molecule has 30 heavy (non-hydrogen) atoms. The molecule has 0 aliphatic carbocycles. The fourth-order valence-corrected chi connectivity index (χ4v) is 4.24. The lowest BCUT2D eigenvalue weighted by Gasteiger charge is -2.30. The zero-order valence-electron chi connectivity index (χ0n) is 19.1. The average molecular weight is 413 g/mol. The number of ether oxygens (including phenoxy) is 3. The second-order valence-electron chi connectivity index (χ2n) is 7.63. The lowest BCUT2D eigenvalue weighted by atomic mass is 9.86.